The first-order chi connectivity index (χ1) is 18.6. The van der Waals surface area contributed by atoms with Gasteiger partial charge in [-0.1, -0.05) is 41.0 Å². The van der Waals surface area contributed by atoms with Crippen molar-refractivity contribution in [2.75, 3.05) is 19.0 Å². The van der Waals surface area contributed by atoms with Crippen LogP contribution in [-0.2, 0) is 13.0 Å². The Morgan fingerprint density at radius 1 is 1.05 bits per heavy atom. The molecule has 1 N–H and O–H groups in total. The standard InChI is InChI=1S/C28H24ClN7O2/c1-17-12-23(35-38-17)25-24-19(4-3-5-22(24)29)13-20(34-25)10-11-30-27-26-28(32-15-31-27)36(16-33-26)14-18-6-8-21(37-2)9-7-18/h3-9,12-13,15-16H,10-11,14H2,1-2H3,(H,30,31,32). The molecule has 0 radical (unpaired) electrons. The van der Waals surface area contributed by atoms with Crippen LogP contribution < -0.4 is 10.1 Å². The number of benzene rings is 2. The smallest absolute Gasteiger partial charge is 0.165 e. The lowest BCUT2D eigenvalue weighted by molar-refractivity contribution is 0.399. The number of imidazole rings is 1. The lowest BCUT2D eigenvalue weighted by Gasteiger charge is -2.10. The molecule has 6 rings (SSSR count). The summed E-state index contributed by atoms with van der Waals surface area (Å²) in [4.78, 5) is 18.4. The van der Waals surface area contributed by atoms with Crippen LogP contribution in [0.2, 0.25) is 5.02 Å². The minimum atomic E-state index is 0.605. The quantitative estimate of drug-likeness (QED) is 0.270. The van der Waals surface area contributed by atoms with Crippen molar-refractivity contribution in [1.29, 1.82) is 0 Å². The maximum atomic E-state index is 6.54. The first kappa shape index (κ1) is 23.9. The summed E-state index contributed by atoms with van der Waals surface area (Å²) in [6.45, 7) is 3.10. The zero-order chi connectivity index (χ0) is 26.1. The molecule has 0 atom stereocenters. The summed E-state index contributed by atoms with van der Waals surface area (Å²) < 4.78 is 12.6. The van der Waals surface area contributed by atoms with E-state index in [1.54, 1.807) is 19.8 Å². The van der Waals surface area contributed by atoms with Crippen LogP contribution in [0.15, 0.2) is 71.8 Å². The number of aryl methyl sites for hydroxylation is 1. The topological polar surface area (TPSA) is 104 Å². The highest BCUT2D eigenvalue weighted by atomic mass is 35.5. The third kappa shape index (κ3) is 4.64. The third-order valence-corrected chi connectivity index (χ3v) is 6.63. The summed E-state index contributed by atoms with van der Waals surface area (Å²) >= 11 is 6.54. The Balaban J connectivity index is 1.22. The van der Waals surface area contributed by atoms with Crippen LogP contribution in [0.3, 0.4) is 0 Å². The summed E-state index contributed by atoms with van der Waals surface area (Å²) in [5, 5.41) is 10.1. The Labute approximate surface area is 223 Å². The number of nitrogens with zero attached hydrogens (tertiary/aromatic N) is 6. The number of ether oxygens (including phenoxy) is 1. The molecular formula is C28H24ClN7O2. The van der Waals surface area contributed by atoms with Crippen LogP contribution in [0.1, 0.15) is 17.0 Å². The SMILES string of the molecule is COc1ccc(Cn2cnc3c(NCCc4cc5cccc(Cl)c5c(-c5cc(C)on5)n4)ncnc32)cc1. The fraction of sp³-hybridized carbons (Fsp3) is 0.179. The maximum Gasteiger partial charge on any atom is 0.165 e. The molecule has 2 aromatic carbocycles. The van der Waals surface area contributed by atoms with Crippen molar-refractivity contribution < 1.29 is 9.26 Å². The van der Waals surface area contributed by atoms with Gasteiger partial charge in [-0.2, -0.15) is 0 Å². The number of fused-ring (bicyclic) bond motifs is 2. The van der Waals surface area contributed by atoms with Crippen molar-refractivity contribution in [3.63, 3.8) is 0 Å². The summed E-state index contributed by atoms with van der Waals surface area (Å²) in [7, 11) is 1.66. The number of halogens is 1. The number of hydrogen-bond acceptors (Lipinski definition) is 8. The van der Waals surface area contributed by atoms with Crippen LogP contribution >= 0.6 is 11.6 Å². The minimum absolute atomic E-state index is 0.605. The third-order valence-electron chi connectivity index (χ3n) is 6.32. The van der Waals surface area contributed by atoms with E-state index in [-0.39, 0.29) is 0 Å². The summed E-state index contributed by atoms with van der Waals surface area (Å²) in [6, 6.07) is 17.7. The second-order valence-electron chi connectivity index (χ2n) is 8.91. The lowest BCUT2D eigenvalue weighted by atomic mass is 10.1. The van der Waals surface area contributed by atoms with Gasteiger partial charge in [-0.05, 0) is 42.1 Å². The van der Waals surface area contributed by atoms with E-state index in [1.165, 1.54) is 0 Å². The molecule has 0 saturated heterocycles. The molecule has 4 heterocycles. The Hall–Kier alpha value is -4.50. The van der Waals surface area contributed by atoms with Gasteiger partial charge >= 0.3 is 0 Å². The van der Waals surface area contributed by atoms with Crippen LogP contribution in [-0.4, -0.2) is 43.3 Å². The van der Waals surface area contributed by atoms with Crippen LogP contribution in [0, 0.1) is 6.92 Å². The normalized spacial score (nSPS) is 11.3. The zero-order valence-corrected chi connectivity index (χ0v) is 21.6. The molecular weight excluding hydrogens is 502 g/mol. The first-order valence-corrected chi connectivity index (χ1v) is 12.5. The largest absolute Gasteiger partial charge is 0.497 e. The molecule has 6 aromatic rings. The predicted octanol–water partition coefficient (Wildman–Crippen LogP) is 5.70. The zero-order valence-electron chi connectivity index (χ0n) is 20.8. The van der Waals surface area contributed by atoms with Gasteiger partial charge < -0.3 is 19.1 Å². The van der Waals surface area contributed by atoms with Gasteiger partial charge in [-0.3, -0.25) is 4.98 Å². The number of hydrogen-bond donors (Lipinski definition) is 1. The van der Waals surface area contributed by atoms with Crippen molar-refractivity contribution in [2.45, 2.75) is 19.9 Å². The van der Waals surface area contributed by atoms with E-state index in [2.05, 4.69) is 31.5 Å². The van der Waals surface area contributed by atoms with Crippen LogP contribution in [0.4, 0.5) is 5.82 Å². The fourth-order valence-electron chi connectivity index (χ4n) is 4.48. The van der Waals surface area contributed by atoms with Crippen molar-refractivity contribution in [3.05, 3.63) is 89.3 Å². The highest BCUT2D eigenvalue weighted by Gasteiger charge is 2.15. The van der Waals surface area contributed by atoms with E-state index >= 15 is 0 Å². The summed E-state index contributed by atoms with van der Waals surface area (Å²) in [5.74, 6) is 2.22. The highest BCUT2D eigenvalue weighted by Crippen LogP contribution is 2.33. The number of rotatable bonds is 8. The predicted molar refractivity (Wildman–Crippen MR) is 147 cm³/mol. The molecule has 0 fully saturated rings. The summed E-state index contributed by atoms with van der Waals surface area (Å²) in [5.41, 5.74) is 4.88. The number of pyridine rings is 1. The van der Waals surface area contributed by atoms with Gasteiger partial charge in [0.2, 0.25) is 0 Å². The number of methoxy groups -OCH3 is 1. The fourth-order valence-corrected chi connectivity index (χ4v) is 4.75. The average molecular weight is 526 g/mol. The van der Waals surface area contributed by atoms with Crippen molar-refractivity contribution >= 4 is 39.4 Å². The Bertz CT molecular complexity index is 1740. The van der Waals surface area contributed by atoms with E-state index in [9.17, 15) is 0 Å². The molecule has 38 heavy (non-hydrogen) atoms. The summed E-state index contributed by atoms with van der Waals surface area (Å²) in [6.07, 6.45) is 4.00. The van der Waals surface area contributed by atoms with E-state index in [0.29, 0.717) is 47.5 Å². The molecule has 0 bridgehead atoms. The van der Waals surface area contributed by atoms with Gasteiger partial charge in [0.15, 0.2) is 11.5 Å². The lowest BCUT2D eigenvalue weighted by Crippen LogP contribution is -2.09. The molecule has 0 saturated carbocycles. The van der Waals surface area contributed by atoms with E-state index in [0.717, 1.165) is 38.9 Å². The molecule has 0 aliphatic heterocycles. The van der Waals surface area contributed by atoms with E-state index in [1.807, 2.05) is 60.0 Å². The van der Waals surface area contributed by atoms with Crippen LogP contribution in [0.5, 0.6) is 5.75 Å². The molecule has 4 aromatic heterocycles. The van der Waals surface area contributed by atoms with Gasteiger partial charge in [0.25, 0.3) is 0 Å². The molecule has 10 heteroatoms. The second kappa shape index (κ2) is 10.1. The second-order valence-corrected chi connectivity index (χ2v) is 9.32. The van der Waals surface area contributed by atoms with E-state index in [4.69, 9.17) is 25.8 Å². The first-order valence-electron chi connectivity index (χ1n) is 12.1. The van der Waals surface area contributed by atoms with Crippen molar-refractivity contribution in [1.82, 2.24) is 29.7 Å². The van der Waals surface area contributed by atoms with Crippen molar-refractivity contribution in [3.8, 4) is 17.1 Å². The van der Waals surface area contributed by atoms with Gasteiger partial charge in [0, 0.05) is 30.1 Å². The number of anilines is 1. The Morgan fingerprint density at radius 3 is 2.71 bits per heavy atom. The molecule has 0 unspecified atom stereocenters. The molecule has 0 amide bonds. The van der Waals surface area contributed by atoms with Crippen LogP contribution in [0.25, 0.3) is 33.3 Å². The minimum Gasteiger partial charge on any atom is -0.497 e. The molecule has 190 valence electrons. The maximum absolute atomic E-state index is 6.54. The molecule has 0 aliphatic carbocycles. The monoisotopic (exact) mass is 525 g/mol. The van der Waals surface area contributed by atoms with Gasteiger partial charge in [0.1, 0.15) is 34.7 Å². The molecule has 0 aliphatic rings. The van der Waals surface area contributed by atoms with Gasteiger partial charge in [-0.25, -0.2) is 15.0 Å². The Morgan fingerprint density at radius 2 is 1.92 bits per heavy atom. The van der Waals surface area contributed by atoms with Gasteiger partial charge in [-0.15, -0.1) is 0 Å². The number of aromatic nitrogens is 6. The van der Waals surface area contributed by atoms with Crippen molar-refractivity contribution in [2.24, 2.45) is 0 Å². The Kier molecular flexibility index (Phi) is 6.35. The number of nitrogens with one attached hydrogen (secondary N) is 1. The average Bonchev–Trinajstić information content (AvgIpc) is 3.55. The van der Waals surface area contributed by atoms with Gasteiger partial charge in [0.05, 0.1) is 25.0 Å². The van der Waals surface area contributed by atoms with E-state index < -0.39 is 0 Å². The molecule has 0 spiro atoms. The highest BCUT2D eigenvalue weighted by molar-refractivity contribution is 6.36. The molecule has 9 nitrogen and oxygen atoms in total.